The van der Waals surface area contributed by atoms with Crippen LogP contribution in [-0.2, 0) is 11.3 Å². The Hall–Kier alpha value is -2.33. The van der Waals surface area contributed by atoms with Crippen molar-refractivity contribution in [1.82, 2.24) is 9.80 Å². The standard InChI is InChI=1S/C21H26N2O2/c1-17-7-6-10-20(15-17)25-18(2)21(24)23-13-11-22(12-14-23)16-19-8-4-3-5-9-19/h3-10,15,18H,11-14,16H2,1-2H3/t18-/m1/s1. The highest BCUT2D eigenvalue weighted by atomic mass is 16.5. The van der Waals surface area contributed by atoms with Crippen LogP contribution in [0.4, 0.5) is 0 Å². The third-order valence-electron chi connectivity index (χ3n) is 4.58. The van der Waals surface area contributed by atoms with Crippen molar-refractivity contribution in [3.63, 3.8) is 0 Å². The van der Waals surface area contributed by atoms with Gasteiger partial charge in [0.1, 0.15) is 5.75 Å². The van der Waals surface area contributed by atoms with Gasteiger partial charge in [-0.3, -0.25) is 9.69 Å². The zero-order chi connectivity index (χ0) is 17.6. The Morgan fingerprint density at radius 1 is 1.04 bits per heavy atom. The molecule has 0 spiro atoms. The van der Waals surface area contributed by atoms with Gasteiger partial charge in [-0.2, -0.15) is 0 Å². The lowest BCUT2D eigenvalue weighted by Gasteiger charge is -2.35. The van der Waals surface area contributed by atoms with Gasteiger partial charge in [0.05, 0.1) is 0 Å². The van der Waals surface area contributed by atoms with Gasteiger partial charge < -0.3 is 9.64 Å². The smallest absolute Gasteiger partial charge is 0.263 e. The van der Waals surface area contributed by atoms with Crippen LogP contribution in [0.25, 0.3) is 0 Å². The van der Waals surface area contributed by atoms with Gasteiger partial charge in [-0.15, -0.1) is 0 Å². The number of hydrogen-bond acceptors (Lipinski definition) is 3. The first-order valence-electron chi connectivity index (χ1n) is 8.90. The molecule has 1 heterocycles. The zero-order valence-corrected chi connectivity index (χ0v) is 15.0. The van der Waals surface area contributed by atoms with Gasteiger partial charge in [0.25, 0.3) is 5.91 Å². The van der Waals surface area contributed by atoms with Crippen LogP contribution in [0, 0.1) is 6.92 Å². The van der Waals surface area contributed by atoms with E-state index in [1.807, 2.05) is 49.1 Å². The summed E-state index contributed by atoms with van der Waals surface area (Å²) >= 11 is 0. The van der Waals surface area contributed by atoms with E-state index in [0.717, 1.165) is 44.0 Å². The van der Waals surface area contributed by atoms with E-state index in [0.29, 0.717) is 0 Å². The molecule has 0 saturated carbocycles. The van der Waals surface area contributed by atoms with Crippen LogP contribution in [0.5, 0.6) is 5.75 Å². The Bertz CT molecular complexity index is 694. The highest BCUT2D eigenvalue weighted by molar-refractivity contribution is 5.81. The van der Waals surface area contributed by atoms with Crippen molar-refractivity contribution in [1.29, 1.82) is 0 Å². The molecule has 0 unspecified atom stereocenters. The van der Waals surface area contributed by atoms with Crippen molar-refractivity contribution in [3.8, 4) is 5.75 Å². The maximum Gasteiger partial charge on any atom is 0.263 e. The fourth-order valence-electron chi connectivity index (χ4n) is 3.17. The second kappa shape index (κ2) is 8.17. The molecule has 0 aliphatic carbocycles. The van der Waals surface area contributed by atoms with Gasteiger partial charge in [-0.05, 0) is 37.1 Å². The van der Waals surface area contributed by atoms with Crippen molar-refractivity contribution in [2.75, 3.05) is 26.2 Å². The van der Waals surface area contributed by atoms with Gasteiger partial charge in [0.15, 0.2) is 6.10 Å². The van der Waals surface area contributed by atoms with Crippen LogP contribution >= 0.6 is 0 Å². The number of amides is 1. The number of benzene rings is 2. The minimum absolute atomic E-state index is 0.0702. The number of rotatable bonds is 5. The van der Waals surface area contributed by atoms with Crippen LogP contribution in [0.1, 0.15) is 18.1 Å². The summed E-state index contributed by atoms with van der Waals surface area (Å²) in [6.07, 6.45) is -0.456. The zero-order valence-electron chi connectivity index (χ0n) is 15.0. The third kappa shape index (κ3) is 4.83. The molecule has 3 rings (SSSR count). The molecule has 1 fully saturated rings. The molecule has 2 aromatic carbocycles. The van der Waals surface area contributed by atoms with Gasteiger partial charge in [-0.25, -0.2) is 0 Å². The maximum atomic E-state index is 12.6. The predicted octanol–water partition coefficient (Wildman–Crippen LogP) is 3.11. The third-order valence-corrected chi connectivity index (χ3v) is 4.58. The second-order valence-corrected chi connectivity index (χ2v) is 6.66. The lowest BCUT2D eigenvalue weighted by atomic mass is 10.2. The number of aryl methyl sites for hydroxylation is 1. The van der Waals surface area contributed by atoms with Gasteiger partial charge in [0.2, 0.25) is 0 Å². The summed E-state index contributed by atoms with van der Waals surface area (Å²) in [5.41, 5.74) is 2.45. The number of nitrogens with zero attached hydrogens (tertiary/aromatic N) is 2. The van der Waals surface area contributed by atoms with Crippen LogP contribution in [0.3, 0.4) is 0 Å². The molecule has 2 aromatic rings. The molecule has 4 nitrogen and oxygen atoms in total. The fraction of sp³-hybridized carbons (Fsp3) is 0.381. The Morgan fingerprint density at radius 3 is 2.44 bits per heavy atom. The predicted molar refractivity (Wildman–Crippen MR) is 99.6 cm³/mol. The molecule has 1 aliphatic rings. The van der Waals surface area contributed by atoms with E-state index in [2.05, 4.69) is 29.2 Å². The van der Waals surface area contributed by atoms with Crippen molar-refractivity contribution in [3.05, 3.63) is 65.7 Å². The average molecular weight is 338 g/mol. The fourth-order valence-corrected chi connectivity index (χ4v) is 3.17. The summed E-state index contributed by atoms with van der Waals surface area (Å²) < 4.78 is 5.83. The average Bonchev–Trinajstić information content (AvgIpc) is 2.62. The van der Waals surface area contributed by atoms with Crippen LogP contribution < -0.4 is 4.74 Å². The summed E-state index contributed by atoms with van der Waals surface area (Å²) in [4.78, 5) is 16.9. The van der Waals surface area contributed by atoms with E-state index in [9.17, 15) is 4.79 Å². The molecule has 4 heteroatoms. The second-order valence-electron chi connectivity index (χ2n) is 6.66. The number of piperazine rings is 1. The van der Waals surface area contributed by atoms with Gasteiger partial charge in [0, 0.05) is 32.7 Å². The number of carbonyl (C=O) groups excluding carboxylic acids is 1. The monoisotopic (exact) mass is 338 g/mol. The van der Waals surface area contributed by atoms with E-state index in [-0.39, 0.29) is 5.91 Å². The number of carbonyl (C=O) groups is 1. The Kier molecular flexibility index (Phi) is 5.71. The van der Waals surface area contributed by atoms with Crippen LogP contribution in [-0.4, -0.2) is 48.0 Å². The molecule has 1 saturated heterocycles. The highest BCUT2D eigenvalue weighted by Crippen LogP contribution is 2.16. The normalized spacial score (nSPS) is 16.5. The largest absolute Gasteiger partial charge is 0.481 e. The lowest BCUT2D eigenvalue weighted by Crippen LogP contribution is -2.51. The summed E-state index contributed by atoms with van der Waals surface area (Å²) in [6, 6.07) is 18.3. The SMILES string of the molecule is Cc1cccc(O[C@H](C)C(=O)N2CCN(Cc3ccccc3)CC2)c1. The number of hydrogen-bond donors (Lipinski definition) is 0. The topological polar surface area (TPSA) is 32.8 Å². The molecular weight excluding hydrogens is 312 g/mol. The minimum atomic E-state index is -0.456. The van der Waals surface area contributed by atoms with E-state index in [1.54, 1.807) is 0 Å². The van der Waals surface area contributed by atoms with E-state index < -0.39 is 6.10 Å². The molecule has 25 heavy (non-hydrogen) atoms. The Labute approximate surface area is 150 Å². The summed E-state index contributed by atoms with van der Waals surface area (Å²) in [7, 11) is 0. The quantitative estimate of drug-likeness (QED) is 0.840. The van der Waals surface area contributed by atoms with Gasteiger partial charge in [-0.1, -0.05) is 42.5 Å². The molecule has 1 atom stereocenters. The molecular formula is C21H26N2O2. The Morgan fingerprint density at radius 2 is 1.76 bits per heavy atom. The molecule has 0 N–H and O–H groups in total. The van der Waals surface area contributed by atoms with Crippen LogP contribution in [0.2, 0.25) is 0 Å². The van der Waals surface area contributed by atoms with Crippen molar-refractivity contribution < 1.29 is 9.53 Å². The van der Waals surface area contributed by atoms with E-state index in [1.165, 1.54) is 5.56 Å². The molecule has 132 valence electrons. The summed E-state index contributed by atoms with van der Waals surface area (Å²) in [5, 5.41) is 0. The summed E-state index contributed by atoms with van der Waals surface area (Å²) in [6.45, 7) is 8.11. The van der Waals surface area contributed by atoms with E-state index in [4.69, 9.17) is 4.74 Å². The van der Waals surface area contributed by atoms with Gasteiger partial charge >= 0.3 is 0 Å². The first-order valence-corrected chi connectivity index (χ1v) is 8.90. The highest BCUT2D eigenvalue weighted by Gasteiger charge is 2.26. The van der Waals surface area contributed by atoms with Crippen molar-refractivity contribution >= 4 is 5.91 Å². The molecule has 0 bridgehead atoms. The van der Waals surface area contributed by atoms with Crippen LogP contribution in [0.15, 0.2) is 54.6 Å². The number of ether oxygens (including phenoxy) is 1. The van der Waals surface area contributed by atoms with Crippen molar-refractivity contribution in [2.45, 2.75) is 26.5 Å². The lowest BCUT2D eigenvalue weighted by molar-refractivity contribution is -0.139. The first kappa shape index (κ1) is 17.5. The molecule has 0 radical (unpaired) electrons. The molecule has 1 amide bonds. The first-order chi connectivity index (χ1) is 12.1. The molecule has 1 aliphatic heterocycles. The minimum Gasteiger partial charge on any atom is -0.481 e. The van der Waals surface area contributed by atoms with E-state index >= 15 is 0 Å². The maximum absolute atomic E-state index is 12.6. The molecule has 0 aromatic heterocycles. The summed E-state index contributed by atoms with van der Waals surface area (Å²) in [5.74, 6) is 0.824. The van der Waals surface area contributed by atoms with Crippen molar-refractivity contribution in [2.24, 2.45) is 0 Å². The Balaban J connectivity index is 1.49.